The summed E-state index contributed by atoms with van der Waals surface area (Å²) in [5.74, 6) is 1.77. The third-order valence-electron chi connectivity index (χ3n) is 4.57. The number of benzene rings is 2. The van der Waals surface area contributed by atoms with Crippen LogP contribution in [0.25, 0.3) is 0 Å². The van der Waals surface area contributed by atoms with Gasteiger partial charge in [0.15, 0.2) is 0 Å². The second-order valence-electron chi connectivity index (χ2n) is 6.28. The Morgan fingerprint density at radius 2 is 2.04 bits per heavy atom. The SMILES string of the molecule is COc1ccc2c(c1)C(Nc1ccc(N(C)CCO)cc1)CCCO2. The van der Waals surface area contributed by atoms with E-state index in [2.05, 4.69) is 35.6 Å². The lowest BCUT2D eigenvalue weighted by Gasteiger charge is -2.22. The molecule has 1 aliphatic heterocycles. The number of hydrogen-bond donors (Lipinski definition) is 2. The fourth-order valence-electron chi connectivity index (χ4n) is 3.12. The van der Waals surface area contributed by atoms with E-state index in [1.165, 1.54) is 0 Å². The predicted octanol–water partition coefficient (Wildman–Crippen LogP) is 3.45. The summed E-state index contributed by atoms with van der Waals surface area (Å²) in [6.07, 6.45) is 2.01. The van der Waals surface area contributed by atoms with Gasteiger partial charge in [0.05, 0.1) is 26.4 Å². The largest absolute Gasteiger partial charge is 0.497 e. The predicted molar refractivity (Wildman–Crippen MR) is 101 cm³/mol. The van der Waals surface area contributed by atoms with E-state index in [-0.39, 0.29) is 12.6 Å². The number of rotatable bonds is 6. The van der Waals surface area contributed by atoms with Crippen molar-refractivity contribution in [3.63, 3.8) is 0 Å². The Morgan fingerprint density at radius 1 is 1.24 bits per heavy atom. The highest BCUT2D eigenvalue weighted by Crippen LogP contribution is 2.36. The number of hydrogen-bond acceptors (Lipinski definition) is 5. The smallest absolute Gasteiger partial charge is 0.124 e. The summed E-state index contributed by atoms with van der Waals surface area (Å²) < 4.78 is 11.2. The molecular weight excluding hydrogens is 316 g/mol. The second-order valence-corrected chi connectivity index (χ2v) is 6.28. The van der Waals surface area contributed by atoms with Crippen molar-refractivity contribution in [1.29, 1.82) is 0 Å². The zero-order valence-corrected chi connectivity index (χ0v) is 14.9. The number of fused-ring (bicyclic) bond motifs is 1. The molecule has 0 bridgehead atoms. The highest BCUT2D eigenvalue weighted by atomic mass is 16.5. The second kappa shape index (κ2) is 8.12. The van der Waals surface area contributed by atoms with Crippen LogP contribution >= 0.6 is 0 Å². The summed E-state index contributed by atoms with van der Waals surface area (Å²) in [5.41, 5.74) is 3.30. The van der Waals surface area contributed by atoms with Gasteiger partial charge in [-0.25, -0.2) is 0 Å². The minimum atomic E-state index is 0.150. The lowest BCUT2D eigenvalue weighted by Crippen LogP contribution is -2.21. The van der Waals surface area contributed by atoms with Crippen LogP contribution in [0.2, 0.25) is 0 Å². The lowest BCUT2D eigenvalue weighted by atomic mass is 10.0. The molecule has 1 atom stereocenters. The Balaban J connectivity index is 1.78. The number of ether oxygens (including phenoxy) is 2. The summed E-state index contributed by atoms with van der Waals surface area (Å²) in [6, 6.07) is 14.5. The molecule has 134 valence electrons. The molecule has 25 heavy (non-hydrogen) atoms. The van der Waals surface area contributed by atoms with Crippen molar-refractivity contribution < 1.29 is 14.6 Å². The summed E-state index contributed by atoms with van der Waals surface area (Å²) in [6.45, 7) is 1.51. The molecule has 0 aromatic heterocycles. The maximum Gasteiger partial charge on any atom is 0.124 e. The fourth-order valence-corrected chi connectivity index (χ4v) is 3.12. The number of nitrogens with one attached hydrogen (secondary N) is 1. The highest BCUT2D eigenvalue weighted by molar-refractivity contribution is 5.56. The number of anilines is 2. The Morgan fingerprint density at radius 3 is 2.76 bits per heavy atom. The Bertz CT molecular complexity index is 688. The van der Waals surface area contributed by atoms with Crippen molar-refractivity contribution in [3.8, 4) is 11.5 Å². The summed E-state index contributed by atoms with van der Waals surface area (Å²) in [4.78, 5) is 2.03. The minimum absolute atomic E-state index is 0.150. The van der Waals surface area contributed by atoms with Crippen molar-refractivity contribution in [2.24, 2.45) is 0 Å². The van der Waals surface area contributed by atoms with Gasteiger partial charge in [-0.2, -0.15) is 0 Å². The summed E-state index contributed by atoms with van der Waals surface area (Å²) >= 11 is 0. The topological polar surface area (TPSA) is 54.0 Å². The van der Waals surface area contributed by atoms with E-state index in [0.29, 0.717) is 6.54 Å². The van der Waals surface area contributed by atoms with Crippen LogP contribution in [0.4, 0.5) is 11.4 Å². The molecule has 0 amide bonds. The summed E-state index contributed by atoms with van der Waals surface area (Å²) in [7, 11) is 3.66. The first-order chi connectivity index (χ1) is 12.2. The maximum atomic E-state index is 9.06. The van der Waals surface area contributed by atoms with Crippen LogP contribution < -0.4 is 19.7 Å². The van der Waals surface area contributed by atoms with Crippen molar-refractivity contribution in [3.05, 3.63) is 48.0 Å². The average molecular weight is 342 g/mol. The van der Waals surface area contributed by atoms with Crippen LogP contribution in [0.5, 0.6) is 11.5 Å². The van der Waals surface area contributed by atoms with Crippen LogP contribution in [0, 0.1) is 0 Å². The summed E-state index contributed by atoms with van der Waals surface area (Å²) in [5, 5.41) is 12.7. The quantitative estimate of drug-likeness (QED) is 0.842. The molecule has 0 spiro atoms. The molecule has 1 aliphatic rings. The molecule has 0 fully saturated rings. The minimum Gasteiger partial charge on any atom is -0.497 e. The molecule has 0 saturated carbocycles. The standard InChI is InChI=1S/C20H26N2O3/c1-22(11-12-23)16-7-5-15(6-8-16)21-19-4-3-13-25-20-10-9-17(24-2)14-18(19)20/h5-10,14,19,21,23H,3-4,11-13H2,1-2H3. The number of aliphatic hydroxyl groups excluding tert-OH is 1. The number of methoxy groups -OCH3 is 1. The van der Waals surface area contributed by atoms with Gasteiger partial charge in [0.1, 0.15) is 11.5 Å². The Hall–Kier alpha value is -2.40. The van der Waals surface area contributed by atoms with E-state index in [0.717, 1.165) is 47.9 Å². The van der Waals surface area contributed by atoms with Crippen LogP contribution in [-0.4, -0.2) is 39.0 Å². The zero-order chi connectivity index (χ0) is 17.6. The van der Waals surface area contributed by atoms with Gasteiger partial charge >= 0.3 is 0 Å². The molecule has 5 nitrogen and oxygen atoms in total. The number of nitrogens with zero attached hydrogens (tertiary/aromatic N) is 1. The molecule has 2 aromatic carbocycles. The van der Waals surface area contributed by atoms with Crippen LogP contribution in [0.3, 0.4) is 0 Å². The third-order valence-corrected chi connectivity index (χ3v) is 4.57. The van der Waals surface area contributed by atoms with Crippen LogP contribution in [0.15, 0.2) is 42.5 Å². The van der Waals surface area contributed by atoms with Crippen LogP contribution in [0.1, 0.15) is 24.4 Å². The lowest BCUT2D eigenvalue weighted by molar-refractivity contribution is 0.304. The van der Waals surface area contributed by atoms with Gasteiger partial charge in [-0.05, 0) is 55.3 Å². The van der Waals surface area contributed by atoms with Crippen molar-refractivity contribution in [1.82, 2.24) is 0 Å². The van der Waals surface area contributed by atoms with E-state index in [9.17, 15) is 0 Å². The molecule has 2 N–H and O–H groups in total. The van der Waals surface area contributed by atoms with E-state index in [1.54, 1.807) is 7.11 Å². The van der Waals surface area contributed by atoms with Gasteiger partial charge in [0, 0.05) is 30.5 Å². The molecular formula is C20H26N2O3. The highest BCUT2D eigenvalue weighted by Gasteiger charge is 2.20. The van der Waals surface area contributed by atoms with E-state index in [4.69, 9.17) is 14.6 Å². The van der Waals surface area contributed by atoms with Crippen molar-refractivity contribution >= 4 is 11.4 Å². The van der Waals surface area contributed by atoms with Gasteiger partial charge in [-0.3, -0.25) is 0 Å². The van der Waals surface area contributed by atoms with Crippen molar-refractivity contribution in [2.75, 3.05) is 44.1 Å². The first kappa shape index (κ1) is 17.4. The first-order valence-corrected chi connectivity index (χ1v) is 8.70. The number of aliphatic hydroxyl groups is 1. The van der Waals surface area contributed by atoms with E-state index >= 15 is 0 Å². The van der Waals surface area contributed by atoms with Gasteiger partial charge < -0.3 is 24.8 Å². The Labute approximate surface area is 149 Å². The van der Waals surface area contributed by atoms with Gasteiger partial charge in [0.25, 0.3) is 0 Å². The molecule has 3 rings (SSSR count). The molecule has 0 saturated heterocycles. The van der Waals surface area contributed by atoms with Crippen molar-refractivity contribution in [2.45, 2.75) is 18.9 Å². The van der Waals surface area contributed by atoms with Gasteiger partial charge in [0.2, 0.25) is 0 Å². The molecule has 0 aliphatic carbocycles. The first-order valence-electron chi connectivity index (χ1n) is 8.70. The van der Waals surface area contributed by atoms with Gasteiger partial charge in [-0.1, -0.05) is 0 Å². The normalized spacial score (nSPS) is 16.4. The monoisotopic (exact) mass is 342 g/mol. The molecule has 2 aromatic rings. The van der Waals surface area contributed by atoms with E-state index < -0.39 is 0 Å². The van der Waals surface area contributed by atoms with Crippen LogP contribution in [-0.2, 0) is 0 Å². The average Bonchev–Trinajstić information content (AvgIpc) is 2.84. The van der Waals surface area contributed by atoms with Gasteiger partial charge in [-0.15, -0.1) is 0 Å². The zero-order valence-electron chi connectivity index (χ0n) is 14.9. The molecule has 5 heteroatoms. The third kappa shape index (κ3) is 4.17. The maximum absolute atomic E-state index is 9.06. The van der Waals surface area contributed by atoms with E-state index in [1.807, 2.05) is 24.1 Å². The molecule has 1 heterocycles. The molecule has 1 unspecified atom stereocenters. The fraction of sp³-hybridized carbons (Fsp3) is 0.400. The number of likely N-dealkylation sites (N-methyl/N-ethyl adjacent to an activating group) is 1. The Kier molecular flexibility index (Phi) is 5.66. The molecule has 0 radical (unpaired) electrons.